The molecule has 2 heterocycles. The molecule has 0 unspecified atom stereocenters. The quantitative estimate of drug-likeness (QED) is 0.469. The summed E-state index contributed by atoms with van der Waals surface area (Å²) < 4.78 is 20.3. The molecule has 2 aromatic carbocycles. The monoisotopic (exact) mass is 410 g/mol. The lowest BCUT2D eigenvalue weighted by atomic mass is 10.2. The van der Waals surface area contributed by atoms with Gasteiger partial charge in [-0.15, -0.1) is 5.10 Å². The smallest absolute Gasteiger partial charge is 0.290 e. The van der Waals surface area contributed by atoms with Gasteiger partial charge in [0.2, 0.25) is 0 Å². The van der Waals surface area contributed by atoms with E-state index in [1.165, 1.54) is 23.3 Å². The van der Waals surface area contributed by atoms with Gasteiger partial charge in [-0.05, 0) is 42.0 Å². The summed E-state index contributed by atoms with van der Waals surface area (Å²) >= 11 is 6.16. The van der Waals surface area contributed by atoms with Gasteiger partial charge in [-0.25, -0.2) is 9.07 Å². The van der Waals surface area contributed by atoms with Crippen LogP contribution in [0, 0.1) is 5.82 Å². The number of carbonyl (C=O) groups is 1. The van der Waals surface area contributed by atoms with E-state index in [0.717, 1.165) is 5.69 Å². The van der Waals surface area contributed by atoms with Crippen molar-refractivity contribution in [3.63, 3.8) is 0 Å². The molecule has 0 aliphatic heterocycles. The van der Waals surface area contributed by atoms with E-state index in [9.17, 15) is 9.18 Å². The Labute approximate surface area is 171 Å². The molecular weight excluding hydrogens is 395 g/mol. The number of halogens is 2. The number of furan rings is 1. The zero-order valence-corrected chi connectivity index (χ0v) is 16.0. The number of aromatic nitrogens is 3. The van der Waals surface area contributed by atoms with Crippen LogP contribution in [0.2, 0.25) is 5.02 Å². The average molecular weight is 411 g/mol. The summed E-state index contributed by atoms with van der Waals surface area (Å²) in [6, 6.07) is 16.8. The molecule has 0 aliphatic carbocycles. The number of hydrogen-bond donors (Lipinski definition) is 0. The number of hydrogen-bond acceptors (Lipinski definition) is 4. The molecule has 0 bridgehead atoms. The summed E-state index contributed by atoms with van der Waals surface area (Å²) in [5.74, 6) is -0.572. The summed E-state index contributed by atoms with van der Waals surface area (Å²) in [6.45, 7) is 0.344. The van der Waals surface area contributed by atoms with Crippen LogP contribution in [-0.2, 0) is 13.1 Å². The predicted octanol–water partition coefficient (Wildman–Crippen LogP) is 4.50. The number of amides is 1. The summed E-state index contributed by atoms with van der Waals surface area (Å²) in [5.41, 5.74) is 2.06. The van der Waals surface area contributed by atoms with Gasteiger partial charge in [0, 0.05) is 11.6 Å². The molecule has 0 atom stereocenters. The summed E-state index contributed by atoms with van der Waals surface area (Å²) in [6.07, 6.45) is 3.19. The molecule has 0 aliphatic rings. The van der Waals surface area contributed by atoms with E-state index in [-0.39, 0.29) is 29.8 Å². The first-order valence-corrected chi connectivity index (χ1v) is 9.21. The van der Waals surface area contributed by atoms with Gasteiger partial charge in [0.15, 0.2) is 5.76 Å². The zero-order chi connectivity index (χ0) is 20.2. The second-order valence-corrected chi connectivity index (χ2v) is 6.77. The number of nitrogens with zero attached hydrogens (tertiary/aromatic N) is 4. The molecule has 0 saturated heterocycles. The largest absolute Gasteiger partial charge is 0.459 e. The molecular formula is C21H16ClFN4O2. The van der Waals surface area contributed by atoms with Gasteiger partial charge in [-0.2, -0.15) is 0 Å². The van der Waals surface area contributed by atoms with E-state index in [0.29, 0.717) is 11.3 Å². The Hall–Kier alpha value is -3.45. The Morgan fingerprint density at radius 1 is 1.10 bits per heavy atom. The third-order valence-electron chi connectivity index (χ3n) is 4.31. The fraction of sp³-hybridized carbons (Fsp3) is 0.0952. The second-order valence-electron chi connectivity index (χ2n) is 6.36. The summed E-state index contributed by atoms with van der Waals surface area (Å²) in [4.78, 5) is 14.5. The minimum Gasteiger partial charge on any atom is -0.459 e. The minimum absolute atomic E-state index is 0.164. The van der Waals surface area contributed by atoms with Gasteiger partial charge >= 0.3 is 0 Å². The van der Waals surface area contributed by atoms with E-state index >= 15 is 0 Å². The standard InChI is InChI=1S/C21H16ClFN4O2/c22-19-11-16(23)9-8-15(19)12-26(21(28)20-7-4-10-29-20)13-17-14-27(25-24-17)18-5-2-1-3-6-18/h1-11,14H,12-13H2. The summed E-state index contributed by atoms with van der Waals surface area (Å²) in [7, 11) is 0. The predicted molar refractivity (Wildman–Crippen MR) is 105 cm³/mol. The zero-order valence-electron chi connectivity index (χ0n) is 15.2. The number of benzene rings is 2. The lowest BCUT2D eigenvalue weighted by molar-refractivity contribution is 0.0695. The van der Waals surface area contributed by atoms with Crippen molar-refractivity contribution < 1.29 is 13.6 Å². The van der Waals surface area contributed by atoms with Crippen LogP contribution in [0.25, 0.3) is 5.69 Å². The van der Waals surface area contributed by atoms with Crippen molar-refractivity contribution >= 4 is 17.5 Å². The maximum atomic E-state index is 13.4. The van der Waals surface area contributed by atoms with Gasteiger partial charge in [0.1, 0.15) is 11.5 Å². The third-order valence-corrected chi connectivity index (χ3v) is 4.66. The van der Waals surface area contributed by atoms with Crippen LogP contribution in [0.1, 0.15) is 21.8 Å². The van der Waals surface area contributed by atoms with Crippen LogP contribution in [0.3, 0.4) is 0 Å². The van der Waals surface area contributed by atoms with Crippen LogP contribution >= 0.6 is 11.6 Å². The average Bonchev–Trinajstić information content (AvgIpc) is 3.42. The van der Waals surface area contributed by atoms with Crippen molar-refractivity contribution in [3.05, 3.63) is 101 Å². The summed E-state index contributed by atoms with van der Waals surface area (Å²) in [5, 5.41) is 8.54. The maximum Gasteiger partial charge on any atom is 0.290 e. The fourth-order valence-electron chi connectivity index (χ4n) is 2.88. The molecule has 0 N–H and O–H groups in total. The van der Waals surface area contributed by atoms with Crippen molar-refractivity contribution in [1.82, 2.24) is 19.9 Å². The number of carbonyl (C=O) groups excluding carboxylic acids is 1. The number of para-hydroxylation sites is 1. The van der Waals surface area contributed by atoms with Crippen molar-refractivity contribution in [1.29, 1.82) is 0 Å². The second kappa shape index (κ2) is 8.28. The van der Waals surface area contributed by atoms with Crippen molar-refractivity contribution in [3.8, 4) is 5.69 Å². The van der Waals surface area contributed by atoms with Crippen LogP contribution in [0.15, 0.2) is 77.5 Å². The first-order chi connectivity index (χ1) is 14.1. The molecule has 8 heteroatoms. The van der Waals surface area contributed by atoms with E-state index in [1.807, 2.05) is 30.3 Å². The van der Waals surface area contributed by atoms with E-state index < -0.39 is 5.82 Å². The van der Waals surface area contributed by atoms with Gasteiger partial charge in [0.25, 0.3) is 5.91 Å². The van der Waals surface area contributed by atoms with Crippen molar-refractivity contribution in [2.45, 2.75) is 13.1 Å². The van der Waals surface area contributed by atoms with Crippen LogP contribution in [-0.4, -0.2) is 25.8 Å². The van der Waals surface area contributed by atoms with E-state index in [4.69, 9.17) is 16.0 Å². The van der Waals surface area contributed by atoms with Gasteiger partial charge < -0.3 is 9.32 Å². The topological polar surface area (TPSA) is 64.2 Å². The third kappa shape index (κ3) is 4.35. The van der Waals surface area contributed by atoms with Crippen LogP contribution < -0.4 is 0 Å². The normalized spacial score (nSPS) is 10.8. The van der Waals surface area contributed by atoms with Crippen LogP contribution in [0.4, 0.5) is 4.39 Å². The van der Waals surface area contributed by atoms with Gasteiger partial charge in [-0.3, -0.25) is 4.79 Å². The van der Waals surface area contributed by atoms with Crippen LogP contribution in [0.5, 0.6) is 0 Å². The van der Waals surface area contributed by atoms with Gasteiger partial charge in [-0.1, -0.05) is 41.1 Å². The molecule has 0 spiro atoms. The Kier molecular flexibility index (Phi) is 5.39. The highest BCUT2D eigenvalue weighted by Gasteiger charge is 2.21. The Balaban J connectivity index is 1.60. The van der Waals surface area contributed by atoms with Crippen molar-refractivity contribution in [2.75, 3.05) is 0 Å². The number of rotatable bonds is 6. The van der Waals surface area contributed by atoms with Gasteiger partial charge in [0.05, 0.1) is 24.7 Å². The van der Waals surface area contributed by atoms with E-state index in [1.54, 1.807) is 29.1 Å². The molecule has 29 heavy (non-hydrogen) atoms. The molecule has 4 rings (SSSR count). The van der Waals surface area contributed by atoms with E-state index in [2.05, 4.69) is 10.3 Å². The minimum atomic E-state index is -0.437. The maximum absolute atomic E-state index is 13.4. The first-order valence-electron chi connectivity index (χ1n) is 8.83. The molecule has 146 valence electrons. The fourth-order valence-corrected chi connectivity index (χ4v) is 3.11. The Morgan fingerprint density at radius 2 is 1.93 bits per heavy atom. The molecule has 0 fully saturated rings. The molecule has 4 aromatic rings. The molecule has 0 radical (unpaired) electrons. The first kappa shape index (κ1) is 18.9. The molecule has 0 saturated carbocycles. The Bertz CT molecular complexity index is 1110. The lowest BCUT2D eigenvalue weighted by Crippen LogP contribution is -2.30. The highest BCUT2D eigenvalue weighted by atomic mass is 35.5. The lowest BCUT2D eigenvalue weighted by Gasteiger charge is -2.21. The van der Waals surface area contributed by atoms with Crippen molar-refractivity contribution in [2.24, 2.45) is 0 Å². The SMILES string of the molecule is O=C(c1ccco1)N(Cc1cn(-c2ccccc2)nn1)Cc1ccc(F)cc1Cl. The highest BCUT2D eigenvalue weighted by molar-refractivity contribution is 6.31. The molecule has 2 aromatic heterocycles. The Morgan fingerprint density at radius 3 is 2.66 bits per heavy atom. The molecule has 1 amide bonds. The molecule has 6 nitrogen and oxygen atoms in total. The highest BCUT2D eigenvalue weighted by Crippen LogP contribution is 2.21.